The van der Waals surface area contributed by atoms with E-state index >= 15 is 0 Å². The molecule has 1 heterocycles. The Labute approximate surface area is 94.4 Å². The van der Waals surface area contributed by atoms with Gasteiger partial charge in [0.15, 0.2) is 5.82 Å². The molecule has 1 amide bonds. The van der Waals surface area contributed by atoms with Gasteiger partial charge in [-0.05, 0) is 18.1 Å². The minimum atomic E-state index is -0.558. The van der Waals surface area contributed by atoms with Crippen LogP contribution in [0, 0.1) is 5.92 Å². The van der Waals surface area contributed by atoms with Gasteiger partial charge in [0.2, 0.25) is 0 Å². The number of rotatable bonds is 4. The molecule has 6 heteroatoms. The molecule has 0 aliphatic rings. The zero-order valence-electron chi connectivity index (χ0n) is 9.65. The van der Waals surface area contributed by atoms with E-state index in [1.165, 1.54) is 7.11 Å². The lowest BCUT2D eigenvalue weighted by atomic mass is 10.2. The van der Waals surface area contributed by atoms with Crippen LogP contribution in [0.15, 0.2) is 12.1 Å². The molecule has 0 unspecified atom stereocenters. The third-order valence-corrected chi connectivity index (χ3v) is 1.77. The van der Waals surface area contributed by atoms with Crippen LogP contribution in [0.2, 0.25) is 0 Å². The molecular formula is C10H16N4O2. The molecule has 0 aliphatic heterocycles. The summed E-state index contributed by atoms with van der Waals surface area (Å²) < 4.78 is 4.43. The Morgan fingerprint density at radius 2 is 2.00 bits per heavy atom. The molecule has 0 fully saturated rings. The number of nitrogens with zero attached hydrogens (tertiary/aromatic N) is 2. The lowest BCUT2D eigenvalue weighted by molar-refractivity contribution is 0.187. The molecule has 16 heavy (non-hydrogen) atoms. The average Bonchev–Trinajstić information content (AvgIpc) is 2.28. The Hall–Kier alpha value is -1.85. The molecule has 0 saturated carbocycles. The van der Waals surface area contributed by atoms with Gasteiger partial charge in [-0.2, -0.15) is 0 Å². The molecule has 0 aliphatic carbocycles. The lowest BCUT2D eigenvalue weighted by Crippen LogP contribution is -2.13. The second-order valence-electron chi connectivity index (χ2n) is 3.70. The van der Waals surface area contributed by atoms with Gasteiger partial charge in [0.25, 0.3) is 0 Å². The second-order valence-corrected chi connectivity index (χ2v) is 3.70. The summed E-state index contributed by atoms with van der Waals surface area (Å²) in [4.78, 5) is 10.9. The summed E-state index contributed by atoms with van der Waals surface area (Å²) in [7, 11) is 1.29. The van der Waals surface area contributed by atoms with Gasteiger partial charge in [-0.15, -0.1) is 10.2 Å². The van der Waals surface area contributed by atoms with Gasteiger partial charge in [-0.1, -0.05) is 13.8 Å². The van der Waals surface area contributed by atoms with Crippen LogP contribution in [-0.4, -0.2) is 29.9 Å². The number of carbonyl (C=O) groups excluding carboxylic acids is 1. The van der Waals surface area contributed by atoms with Crippen LogP contribution in [0.4, 0.5) is 16.4 Å². The Balaban J connectivity index is 2.51. The highest BCUT2D eigenvalue weighted by molar-refractivity contribution is 5.83. The van der Waals surface area contributed by atoms with Gasteiger partial charge in [-0.3, -0.25) is 5.32 Å². The van der Waals surface area contributed by atoms with Gasteiger partial charge < -0.3 is 10.1 Å². The Morgan fingerprint density at radius 3 is 2.50 bits per heavy atom. The van der Waals surface area contributed by atoms with E-state index in [-0.39, 0.29) is 0 Å². The Morgan fingerprint density at radius 1 is 1.38 bits per heavy atom. The van der Waals surface area contributed by atoms with Crippen molar-refractivity contribution in [2.75, 3.05) is 24.3 Å². The minimum absolute atomic E-state index is 0.363. The lowest BCUT2D eigenvalue weighted by Gasteiger charge is -2.07. The Kier molecular flexibility index (Phi) is 4.50. The van der Waals surface area contributed by atoms with E-state index < -0.39 is 6.09 Å². The first kappa shape index (κ1) is 12.2. The van der Waals surface area contributed by atoms with E-state index in [0.29, 0.717) is 17.6 Å². The number of amides is 1. The first-order chi connectivity index (χ1) is 7.61. The third kappa shape index (κ3) is 4.12. The molecule has 0 radical (unpaired) electrons. The molecule has 0 aromatic carbocycles. The molecule has 0 atom stereocenters. The maximum Gasteiger partial charge on any atom is 0.412 e. The topological polar surface area (TPSA) is 76.1 Å². The highest BCUT2D eigenvalue weighted by atomic mass is 16.5. The van der Waals surface area contributed by atoms with Crippen molar-refractivity contribution in [1.29, 1.82) is 0 Å². The molecule has 0 saturated heterocycles. The normalized spacial score (nSPS) is 10.0. The highest BCUT2D eigenvalue weighted by Gasteiger charge is 2.02. The third-order valence-electron chi connectivity index (χ3n) is 1.77. The predicted molar refractivity (Wildman–Crippen MR) is 61.4 cm³/mol. The van der Waals surface area contributed by atoms with E-state index in [0.717, 1.165) is 6.54 Å². The number of ether oxygens (including phenoxy) is 1. The van der Waals surface area contributed by atoms with Crippen LogP contribution in [0.5, 0.6) is 0 Å². The van der Waals surface area contributed by atoms with Gasteiger partial charge >= 0.3 is 6.09 Å². The van der Waals surface area contributed by atoms with Crippen LogP contribution >= 0.6 is 0 Å². The van der Waals surface area contributed by atoms with Crippen LogP contribution < -0.4 is 10.6 Å². The Bertz CT molecular complexity index is 337. The van der Waals surface area contributed by atoms with E-state index in [1.807, 2.05) is 0 Å². The fourth-order valence-electron chi connectivity index (χ4n) is 0.958. The maximum absolute atomic E-state index is 10.9. The molecule has 1 aromatic heterocycles. The molecule has 2 N–H and O–H groups in total. The van der Waals surface area contributed by atoms with Crippen molar-refractivity contribution in [2.45, 2.75) is 13.8 Å². The highest BCUT2D eigenvalue weighted by Crippen LogP contribution is 2.06. The smallest absolute Gasteiger partial charge is 0.412 e. The standard InChI is InChI=1S/C10H16N4O2/c1-7(2)6-11-8-4-5-9(14-13-8)12-10(15)16-3/h4-5,7H,6H2,1-3H3,(H,11,13)(H,12,14,15). The zero-order valence-corrected chi connectivity index (χ0v) is 9.65. The predicted octanol–water partition coefficient (Wildman–Crippen LogP) is 1.72. The largest absolute Gasteiger partial charge is 0.453 e. The summed E-state index contributed by atoms with van der Waals surface area (Å²) in [6.07, 6.45) is -0.558. The van der Waals surface area contributed by atoms with Gasteiger partial charge in [0.1, 0.15) is 5.82 Å². The van der Waals surface area contributed by atoms with E-state index in [1.54, 1.807) is 12.1 Å². The minimum Gasteiger partial charge on any atom is -0.453 e. The van der Waals surface area contributed by atoms with Crippen molar-refractivity contribution in [3.63, 3.8) is 0 Å². The molecule has 0 bridgehead atoms. The number of nitrogens with one attached hydrogen (secondary N) is 2. The molecule has 1 aromatic rings. The summed E-state index contributed by atoms with van der Waals surface area (Å²) in [6.45, 7) is 5.04. The number of anilines is 2. The zero-order chi connectivity index (χ0) is 12.0. The van der Waals surface area contributed by atoms with E-state index in [2.05, 4.69) is 39.4 Å². The fraction of sp³-hybridized carbons (Fsp3) is 0.500. The van der Waals surface area contributed by atoms with E-state index in [4.69, 9.17) is 0 Å². The summed E-state index contributed by atoms with van der Waals surface area (Å²) in [5, 5.41) is 13.3. The van der Waals surface area contributed by atoms with Crippen LogP contribution in [0.25, 0.3) is 0 Å². The second kappa shape index (κ2) is 5.89. The molecule has 1 rings (SSSR count). The van der Waals surface area contributed by atoms with Gasteiger partial charge in [0.05, 0.1) is 7.11 Å². The van der Waals surface area contributed by atoms with Crippen LogP contribution in [0.3, 0.4) is 0 Å². The number of carbonyl (C=O) groups is 1. The first-order valence-corrected chi connectivity index (χ1v) is 5.04. The quantitative estimate of drug-likeness (QED) is 0.814. The SMILES string of the molecule is COC(=O)Nc1ccc(NCC(C)C)nn1. The van der Waals surface area contributed by atoms with Crippen molar-refractivity contribution in [1.82, 2.24) is 10.2 Å². The van der Waals surface area contributed by atoms with Crippen LogP contribution in [-0.2, 0) is 4.74 Å². The number of hydrogen-bond acceptors (Lipinski definition) is 5. The summed E-state index contributed by atoms with van der Waals surface area (Å²) >= 11 is 0. The molecule has 0 spiro atoms. The monoisotopic (exact) mass is 224 g/mol. The summed E-state index contributed by atoms with van der Waals surface area (Å²) in [6, 6.07) is 3.41. The number of aromatic nitrogens is 2. The number of methoxy groups -OCH3 is 1. The van der Waals surface area contributed by atoms with Crippen molar-refractivity contribution in [2.24, 2.45) is 5.92 Å². The average molecular weight is 224 g/mol. The fourth-order valence-corrected chi connectivity index (χ4v) is 0.958. The van der Waals surface area contributed by atoms with Gasteiger partial charge in [0, 0.05) is 6.54 Å². The molecule has 88 valence electrons. The van der Waals surface area contributed by atoms with Crippen molar-refractivity contribution in [3.05, 3.63) is 12.1 Å². The summed E-state index contributed by atoms with van der Waals surface area (Å²) in [5.74, 6) is 1.58. The summed E-state index contributed by atoms with van der Waals surface area (Å²) in [5.41, 5.74) is 0. The molecular weight excluding hydrogens is 208 g/mol. The van der Waals surface area contributed by atoms with Crippen molar-refractivity contribution >= 4 is 17.7 Å². The van der Waals surface area contributed by atoms with E-state index in [9.17, 15) is 4.79 Å². The number of hydrogen-bond donors (Lipinski definition) is 2. The van der Waals surface area contributed by atoms with Crippen molar-refractivity contribution in [3.8, 4) is 0 Å². The van der Waals surface area contributed by atoms with Crippen LogP contribution in [0.1, 0.15) is 13.8 Å². The maximum atomic E-state index is 10.9. The van der Waals surface area contributed by atoms with Crippen molar-refractivity contribution < 1.29 is 9.53 Å². The van der Waals surface area contributed by atoms with Gasteiger partial charge in [-0.25, -0.2) is 4.79 Å². The first-order valence-electron chi connectivity index (χ1n) is 5.04. The molecule has 6 nitrogen and oxygen atoms in total.